The summed E-state index contributed by atoms with van der Waals surface area (Å²) in [4.78, 5) is 22.5. The molecule has 0 amide bonds. The third-order valence-electron chi connectivity index (χ3n) is 2.94. The van der Waals surface area contributed by atoms with Gasteiger partial charge in [0.15, 0.2) is 0 Å². The molecule has 0 bridgehead atoms. The summed E-state index contributed by atoms with van der Waals surface area (Å²) in [6.45, 7) is 5.78. The van der Waals surface area contributed by atoms with Crippen molar-refractivity contribution in [1.29, 1.82) is 0 Å². The minimum atomic E-state index is -0.659. The quantitative estimate of drug-likeness (QED) is 0.600. The first-order valence-electron chi connectivity index (χ1n) is 5.98. The van der Waals surface area contributed by atoms with E-state index in [0.29, 0.717) is 30.5 Å². The van der Waals surface area contributed by atoms with E-state index in [9.17, 15) is 9.59 Å². The van der Waals surface area contributed by atoms with Gasteiger partial charge in [-0.25, -0.2) is 0 Å². The summed E-state index contributed by atoms with van der Waals surface area (Å²) in [5, 5.41) is 0. The summed E-state index contributed by atoms with van der Waals surface area (Å²) in [5.74, 6) is 1.34. The maximum absolute atomic E-state index is 11.6. The average molecular weight is 424 g/mol. The van der Waals surface area contributed by atoms with Crippen LogP contribution in [-0.4, -0.2) is 11.6 Å². The molecule has 0 rings (SSSR count). The molecule has 0 heterocycles. The van der Waals surface area contributed by atoms with Crippen LogP contribution in [0, 0.1) is 52.4 Å². The third-order valence-corrected chi connectivity index (χ3v) is 7.30. The van der Waals surface area contributed by atoms with Crippen molar-refractivity contribution in [2.75, 3.05) is 0 Å². The van der Waals surface area contributed by atoms with Gasteiger partial charge in [-0.3, -0.25) is 0 Å². The molecule has 2 atom stereocenters. The van der Waals surface area contributed by atoms with E-state index in [1.807, 2.05) is 0 Å². The SMILES string of the molecule is [CH3][Ra][CH2]CC(=O)CC(C)C(C)CC(C)=O. The summed E-state index contributed by atoms with van der Waals surface area (Å²) < 4.78 is 3.54. The molecule has 0 aromatic heterocycles. The van der Waals surface area contributed by atoms with Crippen LogP contribution in [0.4, 0.5) is 0 Å². The fourth-order valence-corrected chi connectivity index (χ4v) is 4.76. The Morgan fingerprint density at radius 3 is 2.13 bits per heavy atom. The van der Waals surface area contributed by atoms with Crippen LogP contribution < -0.4 is 0 Å². The predicted octanol–water partition coefficient (Wildman–Crippen LogP) is 3.14. The standard InChI is InChI=1S/C11H19O2.CH3.Ra/c1-5-11(13)7-9(3)8(2)6-10(4)12;;/h8-9H,1,5-7H2,2-4H3;1H3;. The van der Waals surface area contributed by atoms with Crippen molar-refractivity contribution in [3.63, 3.8) is 0 Å². The van der Waals surface area contributed by atoms with Gasteiger partial charge in [0, 0.05) is 0 Å². The molecule has 3 heteroatoms. The van der Waals surface area contributed by atoms with Gasteiger partial charge in [0.05, 0.1) is 0 Å². The van der Waals surface area contributed by atoms with Gasteiger partial charge >= 0.3 is 117 Å². The van der Waals surface area contributed by atoms with E-state index >= 15 is 0 Å². The second-order valence-electron chi connectivity index (χ2n) is 4.71. The number of carbonyl (C=O) groups is 2. The second-order valence-corrected chi connectivity index (χ2v) is 11.7. The number of hydrogen-bond donors (Lipinski definition) is 0. The molecule has 0 saturated heterocycles. The number of hydrogen-bond acceptors (Lipinski definition) is 2. The Labute approximate surface area is 116 Å². The van der Waals surface area contributed by atoms with Crippen molar-refractivity contribution < 1.29 is 50.2 Å². The van der Waals surface area contributed by atoms with Gasteiger partial charge in [0.1, 0.15) is 0 Å². The zero-order valence-electron chi connectivity index (χ0n) is 10.5. The van der Waals surface area contributed by atoms with E-state index in [-0.39, 0.29) is 5.78 Å². The van der Waals surface area contributed by atoms with E-state index in [2.05, 4.69) is 15.8 Å². The van der Waals surface area contributed by atoms with Crippen LogP contribution in [0.15, 0.2) is 0 Å². The molecular formula is C12H22O2Ra. The van der Waals surface area contributed by atoms with Crippen molar-refractivity contribution in [1.82, 2.24) is 0 Å². The average Bonchev–Trinajstić information content (AvgIpc) is 2.13. The molecule has 2 nitrogen and oxygen atoms in total. The minimum absolute atomic E-state index is 0.229. The van der Waals surface area contributed by atoms with E-state index < -0.39 is 40.6 Å². The molecule has 0 fully saturated rings. The van der Waals surface area contributed by atoms with Crippen LogP contribution in [0.5, 0.6) is 0 Å². The summed E-state index contributed by atoms with van der Waals surface area (Å²) in [5.41, 5.74) is 0. The fourth-order valence-electron chi connectivity index (χ4n) is 1.69. The predicted molar refractivity (Wildman–Crippen MR) is 58.5 cm³/mol. The van der Waals surface area contributed by atoms with E-state index in [1.54, 1.807) is 6.92 Å². The summed E-state index contributed by atoms with van der Waals surface area (Å²) >= 11 is -0.659. The van der Waals surface area contributed by atoms with Gasteiger partial charge in [-0.15, -0.1) is 0 Å². The normalized spacial score (nSPS) is 14.1. The van der Waals surface area contributed by atoms with Gasteiger partial charge < -0.3 is 0 Å². The van der Waals surface area contributed by atoms with Crippen LogP contribution >= 0.6 is 0 Å². The van der Waals surface area contributed by atoms with E-state index in [1.165, 1.54) is 1.46 Å². The molecule has 0 spiro atoms. The molecule has 2 unspecified atom stereocenters. The Hall–Kier alpha value is 0.808. The van der Waals surface area contributed by atoms with Gasteiger partial charge in [-0.05, 0) is 0 Å². The Morgan fingerprint density at radius 1 is 1.13 bits per heavy atom. The maximum atomic E-state index is 11.6. The van der Waals surface area contributed by atoms with E-state index in [4.69, 9.17) is 0 Å². The van der Waals surface area contributed by atoms with Crippen molar-refractivity contribution in [3.8, 4) is 0 Å². The summed E-state index contributed by atoms with van der Waals surface area (Å²) in [6, 6.07) is 0. The monoisotopic (exact) mass is 424 g/mol. The van der Waals surface area contributed by atoms with Crippen LogP contribution in [0.3, 0.4) is 0 Å². The molecule has 0 N–H and O–H groups in total. The Balaban J connectivity index is 3.84. The van der Waals surface area contributed by atoms with Crippen molar-refractivity contribution in [2.45, 2.75) is 43.5 Å². The third kappa shape index (κ3) is 8.60. The molecule has 0 aliphatic carbocycles. The van der Waals surface area contributed by atoms with Gasteiger partial charge in [-0.1, -0.05) is 0 Å². The van der Waals surface area contributed by atoms with Gasteiger partial charge in [0.2, 0.25) is 0 Å². The number of Topliss-reactive ketones (excluding diaryl/α,β-unsaturated/α-hetero) is 2. The van der Waals surface area contributed by atoms with Gasteiger partial charge in [-0.2, -0.15) is 0 Å². The first kappa shape index (κ1) is 15.8. The number of rotatable bonds is 8. The molecule has 0 saturated carbocycles. The molecule has 0 aromatic carbocycles. The molecule has 0 aliphatic rings. The molecule has 0 radical (unpaired) electrons. The molecule has 0 aromatic rings. The topological polar surface area (TPSA) is 34.1 Å². The number of carbonyl (C=O) groups excluding carboxylic acids is 2. The Morgan fingerprint density at radius 2 is 1.67 bits per heavy atom. The fraction of sp³-hybridized carbons (Fsp3) is 0.833. The van der Waals surface area contributed by atoms with Gasteiger partial charge in [0.25, 0.3) is 0 Å². The van der Waals surface area contributed by atoms with Crippen LogP contribution in [0.25, 0.3) is 0 Å². The van der Waals surface area contributed by atoms with E-state index in [0.717, 1.165) is 6.42 Å². The van der Waals surface area contributed by atoms with Crippen molar-refractivity contribution >= 4 is 11.6 Å². The zero-order valence-corrected chi connectivity index (χ0v) is 16.3. The number of ketones is 2. The van der Waals surface area contributed by atoms with Crippen LogP contribution in [-0.2, 0) is 9.59 Å². The molecular weight excluding hydrogens is 402 g/mol. The Bertz CT molecular complexity index is 214. The van der Waals surface area contributed by atoms with Crippen LogP contribution in [0.2, 0.25) is 3.43 Å². The molecule has 15 heavy (non-hydrogen) atoms. The second kappa shape index (κ2) is 8.90. The Kier molecular flexibility index (Phi) is 9.38. The zero-order chi connectivity index (χ0) is 11.8. The van der Waals surface area contributed by atoms with Crippen molar-refractivity contribution in [3.05, 3.63) is 0 Å². The summed E-state index contributed by atoms with van der Waals surface area (Å²) in [7, 11) is 0. The molecule has 0 aliphatic heterocycles. The first-order valence-corrected chi connectivity index (χ1v) is 15.9. The first-order chi connectivity index (χ1) is 6.97. The molecule has 84 valence electrons. The van der Waals surface area contributed by atoms with Crippen LogP contribution in [0.1, 0.15) is 40.0 Å². The van der Waals surface area contributed by atoms with Crippen molar-refractivity contribution in [2.24, 2.45) is 11.8 Å². The summed E-state index contributed by atoms with van der Waals surface area (Å²) in [6.07, 6.45) is 2.09.